The molecule has 0 amide bonds. The van der Waals surface area contributed by atoms with E-state index >= 15 is 0 Å². The maximum atomic E-state index is 13.9. The lowest BCUT2D eigenvalue weighted by atomic mass is 10.1. The van der Waals surface area contributed by atoms with Crippen LogP contribution in [-0.2, 0) is 16.4 Å². The van der Waals surface area contributed by atoms with Crippen molar-refractivity contribution in [2.75, 3.05) is 25.2 Å². The summed E-state index contributed by atoms with van der Waals surface area (Å²) in [6.07, 6.45) is -4.88. The summed E-state index contributed by atoms with van der Waals surface area (Å²) in [5, 5.41) is 2.29. The number of nitrogens with two attached hydrogens (primary N) is 1. The molecule has 26 heavy (non-hydrogen) atoms. The summed E-state index contributed by atoms with van der Waals surface area (Å²) in [6, 6.07) is 1.57. The van der Waals surface area contributed by atoms with Gasteiger partial charge in [-0.15, -0.1) is 0 Å². The van der Waals surface area contributed by atoms with Crippen molar-refractivity contribution in [1.82, 2.24) is 4.31 Å². The van der Waals surface area contributed by atoms with E-state index in [0.29, 0.717) is 0 Å². The molecule has 0 aromatic heterocycles. The number of nitrogens with one attached hydrogen (secondary N) is 1. The minimum atomic E-state index is -4.45. The average Bonchev–Trinajstić information content (AvgIpc) is 2.57. The van der Waals surface area contributed by atoms with Crippen molar-refractivity contribution in [2.24, 2.45) is 10.7 Å². The number of rotatable bonds is 7. The van der Waals surface area contributed by atoms with Crippen LogP contribution in [0, 0.1) is 5.82 Å². The first-order valence-electron chi connectivity index (χ1n) is 7.73. The zero-order chi connectivity index (χ0) is 20.1. The van der Waals surface area contributed by atoms with E-state index in [2.05, 4.69) is 10.3 Å². The number of sulfonamides is 1. The monoisotopic (exact) mass is 398 g/mol. The molecule has 1 unspecified atom stereocenters. The molecule has 0 heterocycles. The molecule has 148 valence electrons. The molecule has 0 aliphatic carbocycles. The third-order valence-electron chi connectivity index (χ3n) is 3.79. The van der Waals surface area contributed by atoms with Gasteiger partial charge in [0.2, 0.25) is 16.0 Å². The van der Waals surface area contributed by atoms with Crippen LogP contribution in [0.1, 0.15) is 18.9 Å². The van der Waals surface area contributed by atoms with Crippen LogP contribution in [0.3, 0.4) is 0 Å². The number of guanidine groups is 1. The highest BCUT2D eigenvalue weighted by atomic mass is 32.2. The van der Waals surface area contributed by atoms with Crippen LogP contribution in [-0.4, -0.2) is 50.7 Å². The van der Waals surface area contributed by atoms with Crippen molar-refractivity contribution in [2.45, 2.75) is 32.0 Å². The number of hydrogen-bond acceptors (Lipinski definition) is 4. The van der Waals surface area contributed by atoms with Gasteiger partial charge in [0.25, 0.3) is 0 Å². The minimum absolute atomic E-state index is 0.0176. The number of aliphatic imine (C=N–C) groups is 1. The second kappa shape index (κ2) is 8.56. The Balaban J connectivity index is 2.95. The van der Waals surface area contributed by atoms with E-state index in [-0.39, 0.29) is 30.1 Å². The third kappa shape index (κ3) is 5.75. The van der Waals surface area contributed by atoms with Gasteiger partial charge in [-0.1, -0.05) is 6.92 Å². The van der Waals surface area contributed by atoms with Crippen molar-refractivity contribution >= 4 is 21.7 Å². The Morgan fingerprint density at radius 3 is 2.50 bits per heavy atom. The number of hydrogen-bond donors (Lipinski definition) is 2. The van der Waals surface area contributed by atoms with Crippen LogP contribution in [0.5, 0.6) is 0 Å². The summed E-state index contributed by atoms with van der Waals surface area (Å²) in [4.78, 5) is 3.56. The SMILES string of the molecule is CCC(Nc1ccc(F)c(CCS(=O)(=O)N(C)C(N)=NC)c1)C(F)(F)F. The normalized spacial score (nSPS) is 14.2. The van der Waals surface area contributed by atoms with Crippen molar-refractivity contribution in [1.29, 1.82) is 0 Å². The lowest BCUT2D eigenvalue weighted by Crippen LogP contribution is -2.40. The molecule has 3 N–H and O–H groups in total. The molecule has 0 bridgehead atoms. The first-order valence-corrected chi connectivity index (χ1v) is 9.33. The molecule has 1 rings (SSSR count). The standard InChI is InChI=1S/C15H22F4N4O2S/c1-4-13(15(17,18)19)22-11-5-6-12(16)10(9-11)7-8-26(24,25)23(3)14(20)21-2/h5-6,9,13,22H,4,7-8H2,1-3H3,(H2,20,21). The molecular formula is C15H22F4N4O2S. The van der Waals surface area contributed by atoms with E-state index in [1.165, 1.54) is 33.2 Å². The maximum absolute atomic E-state index is 13.9. The Morgan fingerprint density at radius 2 is 2.00 bits per heavy atom. The summed E-state index contributed by atoms with van der Waals surface area (Å²) >= 11 is 0. The molecule has 0 saturated heterocycles. The summed E-state index contributed by atoms with van der Waals surface area (Å²) in [5.74, 6) is -1.40. The largest absolute Gasteiger partial charge is 0.408 e. The molecule has 0 fully saturated rings. The van der Waals surface area contributed by atoms with Crippen molar-refractivity contribution < 1.29 is 26.0 Å². The lowest BCUT2D eigenvalue weighted by molar-refractivity contribution is -0.142. The van der Waals surface area contributed by atoms with Crippen molar-refractivity contribution in [3.63, 3.8) is 0 Å². The van der Waals surface area contributed by atoms with E-state index in [9.17, 15) is 26.0 Å². The van der Waals surface area contributed by atoms with Crippen LogP contribution in [0.25, 0.3) is 0 Å². The summed E-state index contributed by atoms with van der Waals surface area (Å²) < 4.78 is 77.5. The van der Waals surface area contributed by atoms with E-state index in [4.69, 9.17) is 5.73 Å². The molecule has 0 aliphatic heterocycles. The summed E-state index contributed by atoms with van der Waals surface area (Å²) in [6.45, 7) is 1.37. The Morgan fingerprint density at radius 1 is 1.38 bits per heavy atom. The van der Waals surface area contributed by atoms with Gasteiger partial charge in [0.05, 0.1) is 5.75 Å². The number of halogens is 4. The van der Waals surface area contributed by atoms with Gasteiger partial charge in [-0.2, -0.15) is 13.2 Å². The summed E-state index contributed by atoms with van der Waals surface area (Å²) in [7, 11) is -1.31. The quantitative estimate of drug-likeness (QED) is 0.419. The van der Waals surface area contributed by atoms with Gasteiger partial charge in [-0.05, 0) is 36.6 Å². The molecule has 0 spiro atoms. The molecule has 1 aromatic rings. The fourth-order valence-corrected chi connectivity index (χ4v) is 3.25. The molecule has 11 heteroatoms. The fourth-order valence-electron chi connectivity index (χ4n) is 2.13. The fraction of sp³-hybridized carbons (Fsp3) is 0.533. The Hall–Kier alpha value is -2.04. The van der Waals surface area contributed by atoms with Gasteiger partial charge in [-0.25, -0.2) is 17.1 Å². The highest BCUT2D eigenvalue weighted by molar-refractivity contribution is 7.89. The van der Waals surface area contributed by atoms with E-state index < -0.39 is 33.8 Å². The Bertz CT molecular complexity index is 751. The Labute approximate surface area is 150 Å². The number of aryl methyl sites for hydroxylation is 1. The number of alkyl halides is 3. The van der Waals surface area contributed by atoms with E-state index in [1.807, 2.05) is 0 Å². The highest BCUT2D eigenvalue weighted by Crippen LogP contribution is 2.26. The van der Waals surface area contributed by atoms with Gasteiger partial charge in [0.1, 0.15) is 11.9 Å². The number of benzene rings is 1. The lowest BCUT2D eigenvalue weighted by Gasteiger charge is -2.22. The van der Waals surface area contributed by atoms with Crippen molar-refractivity contribution in [3.8, 4) is 0 Å². The zero-order valence-corrected chi connectivity index (χ0v) is 15.5. The average molecular weight is 398 g/mol. The van der Waals surface area contributed by atoms with Gasteiger partial charge in [0, 0.05) is 19.8 Å². The molecule has 0 saturated carbocycles. The number of nitrogens with zero attached hydrogens (tertiary/aromatic N) is 2. The van der Waals surface area contributed by atoms with Crippen LogP contribution < -0.4 is 11.1 Å². The number of anilines is 1. The van der Waals surface area contributed by atoms with Gasteiger partial charge >= 0.3 is 6.18 Å². The second-order valence-electron chi connectivity index (χ2n) is 5.57. The smallest absolute Gasteiger partial charge is 0.374 e. The van der Waals surface area contributed by atoms with Crippen LogP contribution in [0.4, 0.5) is 23.2 Å². The molecule has 1 aromatic carbocycles. The first-order chi connectivity index (χ1) is 11.9. The first kappa shape index (κ1) is 22.0. The highest BCUT2D eigenvalue weighted by Gasteiger charge is 2.38. The minimum Gasteiger partial charge on any atom is -0.374 e. The maximum Gasteiger partial charge on any atom is 0.408 e. The molecule has 6 nitrogen and oxygen atoms in total. The van der Waals surface area contributed by atoms with Gasteiger partial charge < -0.3 is 11.1 Å². The third-order valence-corrected chi connectivity index (χ3v) is 5.53. The molecule has 0 radical (unpaired) electrons. The second-order valence-corrected chi connectivity index (χ2v) is 7.69. The van der Waals surface area contributed by atoms with Gasteiger partial charge in [-0.3, -0.25) is 4.99 Å². The Kier molecular flexibility index (Phi) is 7.25. The molecule has 1 atom stereocenters. The summed E-state index contributed by atoms with van der Waals surface area (Å²) in [5.41, 5.74) is 5.49. The zero-order valence-electron chi connectivity index (χ0n) is 14.6. The van der Waals surface area contributed by atoms with Crippen LogP contribution in [0.2, 0.25) is 0 Å². The van der Waals surface area contributed by atoms with Crippen molar-refractivity contribution in [3.05, 3.63) is 29.6 Å². The van der Waals surface area contributed by atoms with E-state index in [1.54, 1.807) is 0 Å². The topological polar surface area (TPSA) is 87.8 Å². The van der Waals surface area contributed by atoms with Crippen LogP contribution in [0.15, 0.2) is 23.2 Å². The van der Waals surface area contributed by atoms with Crippen LogP contribution >= 0.6 is 0 Å². The molecular weight excluding hydrogens is 376 g/mol. The molecule has 0 aliphatic rings. The predicted octanol–water partition coefficient (Wildman–Crippen LogP) is 2.33. The van der Waals surface area contributed by atoms with Gasteiger partial charge in [0.15, 0.2) is 0 Å². The predicted molar refractivity (Wildman–Crippen MR) is 93.0 cm³/mol. The van der Waals surface area contributed by atoms with E-state index in [0.717, 1.165) is 10.4 Å².